The summed E-state index contributed by atoms with van der Waals surface area (Å²) in [6.07, 6.45) is 1.14. The summed E-state index contributed by atoms with van der Waals surface area (Å²) in [6.45, 7) is 2.97. The summed E-state index contributed by atoms with van der Waals surface area (Å²) in [6, 6.07) is 9.78. The lowest BCUT2D eigenvalue weighted by molar-refractivity contribution is 0.0979. The summed E-state index contributed by atoms with van der Waals surface area (Å²) in [5.41, 5.74) is 1.11. The van der Waals surface area contributed by atoms with E-state index in [4.69, 9.17) is 4.74 Å². The third kappa shape index (κ3) is 4.29. The van der Waals surface area contributed by atoms with Crippen LogP contribution in [0.3, 0.4) is 0 Å². The van der Waals surface area contributed by atoms with Gasteiger partial charge in [0.2, 0.25) is 10.0 Å². The fourth-order valence-corrected chi connectivity index (χ4v) is 4.74. The molecule has 6 heteroatoms. The van der Waals surface area contributed by atoms with E-state index in [0.717, 1.165) is 5.56 Å². The predicted octanol–water partition coefficient (Wildman–Crippen LogP) is 1.78. The average Bonchev–Trinajstić information content (AvgIpc) is 2.48. The number of hydrogen-bond donors (Lipinski definition) is 1. The van der Waals surface area contributed by atoms with Crippen molar-refractivity contribution in [1.82, 2.24) is 9.62 Å². The predicted molar refractivity (Wildman–Crippen MR) is 88.2 cm³/mol. The lowest BCUT2D eigenvalue weighted by Gasteiger charge is -2.32. The van der Waals surface area contributed by atoms with Crippen molar-refractivity contribution in [2.75, 3.05) is 27.3 Å². The number of sulfonamides is 1. The van der Waals surface area contributed by atoms with Crippen LogP contribution in [-0.2, 0) is 14.8 Å². The Morgan fingerprint density at radius 1 is 1.18 bits per heavy atom. The quantitative estimate of drug-likeness (QED) is 0.866. The largest absolute Gasteiger partial charge is 0.381 e. The molecule has 1 aliphatic heterocycles. The Kier molecular flexibility index (Phi) is 5.97. The molecule has 22 heavy (non-hydrogen) atoms. The first-order valence-electron chi connectivity index (χ1n) is 7.72. The first-order valence-corrected chi connectivity index (χ1v) is 9.26. The minimum absolute atomic E-state index is 0.00387. The van der Waals surface area contributed by atoms with Crippen LogP contribution in [0.1, 0.15) is 31.4 Å². The van der Waals surface area contributed by atoms with E-state index >= 15 is 0 Å². The van der Waals surface area contributed by atoms with E-state index in [1.165, 1.54) is 0 Å². The lowest BCUT2D eigenvalue weighted by Crippen LogP contribution is -2.46. The van der Waals surface area contributed by atoms with Crippen LogP contribution >= 0.6 is 0 Å². The molecule has 2 atom stereocenters. The monoisotopic (exact) mass is 326 g/mol. The Bertz CT molecular complexity index is 554. The summed E-state index contributed by atoms with van der Waals surface area (Å²) in [7, 11) is 0.613. The molecule has 1 aliphatic rings. The van der Waals surface area contributed by atoms with Gasteiger partial charge in [-0.05, 0) is 39.4 Å². The highest BCUT2D eigenvalue weighted by Gasteiger charge is 2.32. The highest BCUT2D eigenvalue weighted by molar-refractivity contribution is 7.90. The van der Waals surface area contributed by atoms with Gasteiger partial charge in [0.15, 0.2) is 0 Å². The second-order valence-corrected chi connectivity index (χ2v) is 8.07. The van der Waals surface area contributed by atoms with Gasteiger partial charge in [0.05, 0.1) is 11.3 Å². The molecule has 1 aromatic carbocycles. The second-order valence-electron chi connectivity index (χ2n) is 6.08. The van der Waals surface area contributed by atoms with Gasteiger partial charge in [-0.15, -0.1) is 0 Å². The van der Waals surface area contributed by atoms with E-state index in [1.54, 1.807) is 0 Å². The molecule has 0 spiro atoms. The standard InChI is InChI=1S/C16H26N2O3S/c1-13(16(18(2)3)14-7-5-4-6-8-14)17-22(19,20)15-9-11-21-12-10-15/h4-8,13,15-17H,9-12H2,1-3H3. The molecule has 2 rings (SSSR count). The van der Waals surface area contributed by atoms with Gasteiger partial charge in [-0.2, -0.15) is 0 Å². The van der Waals surface area contributed by atoms with Gasteiger partial charge < -0.3 is 9.64 Å². The summed E-state index contributed by atoms with van der Waals surface area (Å²) in [5, 5.41) is -0.345. The molecule has 124 valence electrons. The number of nitrogens with zero attached hydrogens (tertiary/aromatic N) is 1. The van der Waals surface area contributed by atoms with E-state index in [9.17, 15) is 8.42 Å². The fourth-order valence-electron chi connectivity index (χ4n) is 3.09. The minimum atomic E-state index is -3.33. The maximum absolute atomic E-state index is 12.6. The minimum Gasteiger partial charge on any atom is -0.381 e. The van der Waals surface area contributed by atoms with Crippen LogP contribution < -0.4 is 4.72 Å². The molecule has 2 unspecified atom stereocenters. The number of ether oxygens (including phenoxy) is 1. The van der Waals surface area contributed by atoms with Crippen LogP contribution in [-0.4, -0.2) is 51.9 Å². The molecular weight excluding hydrogens is 300 g/mol. The van der Waals surface area contributed by atoms with Gasteiger partial charge in [0.25, 0.3) is 0 Å². The van der Waals surface area contributed by atoms with Crippen molar-refractivity contribution in [3.8, 4) is 0 Å². The van der Waals surface area contributed by atoms with Crippen molar-refractivity contribution in [2.24, 2.45) is 0 Å². The third-order valence-electron chi connectivity index (χ3n) is 4.13. The Labute approximate surface area is 133 Å². The topological polar surface area (TPSA) is 58.6 Å². The molecule has 1 heterocycles. The molecule has 1 fully saturated rings. The first kappa shape index (κ1) is 17.4. The zero-order chi connectivity index (χ0) is 16.2. The van der Waals surface area contributed by atoms with Crippen molar-refractivity contribution >= 4 is 10.0 Å². The Morgan fingerprint density at radius 3 is 2.32 bits per heavy atom. The highest BCUT2D eigenvalue weighted by atomic mass is 32.2. The Morgan fingerprint density at radius 2 is 1.77 bits per heavy atom. The van der Waals surface area contributed by atoms with Crippen LogP contribution in [0.2, 0.25) is 0 Å². The van der Waals surface area contributed by atoms with Crippen LogP contribution in [0.5, 0.6) is 0 Å². The number of benzene rings is 1. The highest BCUT2D eigenvalue weighted by Crippen LogP contribution is 2.24. The van der Waals surface area contributed by atoms with E-state index in [-0.39, 0.29) is 17.3 Å². The number of rotatable bonds is 6. The van der Waals surface area contributed by atoms with Gasteiger partial charge >= 0.3 is 0 Å². The number of nitrogens with one attached hydrogen (secondary N) is 1. The molecule has 1 aromatic rings. The van der Waals surface area contributed by atoms with E-state index in [0.29, 0.717) is 26.1 Å². The number of likely N-dealkylation sites (N-methyl/N-ethyl adjacent to an activating group) is 1. The van der Waals surface area contributed by atoms with E-state index < -0.39 is 10.0 Å². The van der Waals surface area contributed by atoms with Crippen LogP contribution in [0.25, 0.3) is 0 Å². The summed E-state index contributed by atoms with van der Waals surface area (Å²) >= 11 is 0. The Balaban J connectivity index is 2.12. The first-order chi connectivity index (χ1) is 10.4. The third-order valence-corrected chi connectivity index (χ3v) is 6.18. The molecule has 1 N–H and O–H groups in total. The second kappa shape index (κ2) is 7.55. The molecule has 1 saturated heterocycles. The molecule has 0 amide bonds. The van der Waals surface area contributed by atoms with Crippen LogP contribution in [0, 0.1) is 0 Å². The Hall–Kier alpha value is -0.950. The zero-order valence-corrected chi connectivity index (χ0v) is 14.3. The van der Waals surface area contributed by atoms with E-state index in [1.807, 2.05) is 56.3 Å². The van der Waals surface area contributed by atoms with Gasteiger partial charge in [-0.3, -0.25) is 0 Å². The molecule has 0 aromatic heterocycles. The summed E-state index contributed by atoms with van der Waals surface area (Å²) in [5.74, 6) is 0. The molecule has 0 saturated carbocycles. The van der Waals surface area contributed by atoms with E-state index in [2.05, 4.69) is 4.72 Å². The SMILES string of the molecule is CC(NS(=O)(=O)C1CCOCC1)C(c1ccccc1)N(C)C. The van der Waals surface area contributed by atoms with Crippen molar-refractivity contribution in [2.45, 2.75) is 37.1 Å². The van der Waals surface area contributed by atoms with Gasteiger partial charge in [0.1, 0.15) is 0 Å². The maximum Gasteiger partial charge on any atom is 0.214 e. The van der Waals surface area contributed by atoms with Crippen molar-refractivity contribution in [3.05, 3.63) is 35.9 Å². The van der Waals surface area contributed by atoms with Gasteiger partial charge in [0, 0.05) is 19.3 Å². The maximum atomic E-state index is 12.6. The molecule has 0 aliphatic carbocycles. The summed E-state index contributed by atoms with van der Waals surface area (Å²) < 4.78 is 33.3. The molecular formula is C16H26N2O3S. The number of hydrogen-bond acceptors (Lipinski definition) is 4. The average molecular weight is 326 g/mol. The molecule has 5 nitrogen and oxygen atoms in total. The molecule has 0 radical (unpaired) electrons. The fraction of sp³-hybridized carbons (Fsp3) is 0.625. The van der Waals surface area contributed by atoms with Gasteiger partial charge in [-0.1, -0.05) is 30.3 Å². The van der Waals surface area contributed by atoms with Crippen molar-refractivity contribution in [1.29, 1.82) is 0 Å². The van der Waals surface area contributed by atoms with Crippen molar-refractivity contribution in [3.63, 3.8) is 0 Å². The lowest BCUT2D eigenvalue weighted by atomic mass is 10.0. The zero-order valence-electron chi connectivity index (χ0n) is 13.5. The molecule has 0 bridgehead atoms. The van der Waals surface area contributed by atoms with Crippen LogP contribution in [0.4, 0.5) is 0 Å². The van der Waals surface area contributed by atoms with Crippen molar-refractivity contribution < 1.29 is 13.2 Å². The summed E-state index contributed by atoms with van der Waals surface area (Å²) in [4.78, 5) is 2.05. The smallest absolute Gasteiger partial charge is 0.214 e. The van der Waals surface area contributed by atoms with Gasteiger partial charge in [-0.25, -0.2) is 13.1 Å². The normalized spacial score (nSPS) is 20.0. The van der Waals surface area contributed by atoms with Crippen LogP contribution in [0.15, 0.2) is 30.3 Å².